The first-order valence-corrected chi connectivity index (χ1v) is 14.0. The highest BCUT2D eigenvalue weighted by Gasteiger charge is 2.38. The summed E-state index contributed by atoms with van der Waals surface area (Å²) in [7, 11) is 0. The van der Waals surface area contributed by atoms with E-state index < -0.39 is 11.9 Å². The zero-order chi connectivity index (χ0) is 28.4. The van der Waals surface area contributed by atoms with Crippen LogP contribution in [0.15, 0.2) is 18.2 Å². The molecule has 0 radical (unpaired) electrons. The molecule has 12 nitrogen and oxygen atoms in total. The summed E-state index contributed by atoms with van der Waals surface area (Å²) in [6.07, 6.45) is 2.29. The summed E-state index contributed by atoms with van der Waals surface area (Å²) in [4.78, 5) is 38.0. The molecule has 1 fully saturated rings. The van der Waals surface area contributed by atoms with Gasteiger partial charge in [-0.05, 0) is 36.5 Å². The van der Waals surface area contributed by atoms with Crippen LogP contribution in [0.5, 0.6) is 0 Å². The summed E-state index contributed by atoms with van der Waals surface area (Å²) in [6, 6.07) is 5.22. The molecule has 13 heteroatoms. The van der Waals surface area contributed by atoms with E-state index in [9.17, 15) is 14.4 Å². The number of rotatable bonds is 22. The number of benzene rings is 1. The monoisotopic (exact) mass is 601 g/mol. The molecule has 1 atom stereocenters. The summed E-state index contributed by atoms with van der Waals surface area (Å²) in [5.74, 6) is -0.830. The van der Waals surface area contributed by atoms with Gasteiger partial charge in [-0.3, -0.25) is 19.7 Å². The average Bonchev–Trinajstić information content (AvgIpc) is 3.27. The first-order chi connectivity index (χ1) is 19.6. The number of carbonyl (C=O) groups is 3. The lowest BCUT2D eigenvalue weighted by atomic mass is 10.0. The molecule has 3 N–H and O–H groups in total. The van der Waals surface area contributed by atoms with Crippen molar-refractivity contribution in [2.24, 2.45) is 5.73 Å². The van der Waals surface area contributed by atoms with Gasteiger partial charge < -0.3 is 39.1 Å². The van der Waals surface area contributed by atoms with Gasteiger partial charge in [-0.25, -0.2) is 0 Å². The maximum atomic E-state index is 12.8. The Hall–Kier alpha value is -2.16. The number of nitrogens with two attached hydrogens (primary N) is 1. The number of carbonyl (C=O) groups excluding carboxylic acids is 3. The Bertz CT molecular complexity index is 937. The van der Waals surface area contributed by atoms with E-state index in [0.29, 0.717) is 104 Å². The highest BCUT2D eigenvalue weighted by atomic mass is 35.5. The third-order valence-corrected chi connectivity index (χ3v) is 6.46. The predicted octanol–water partition coefficient (Wildman–Crippen LogP) is 0.860. The van der Waals surface area contributed by atoms with E-state index in [0.717, 1.165) is 24.0 Å². The number of amides is 3. The van der Waals surface area contributed by atoms with Crippen LogP contribution < -0.4 is 11.1 Å². The second-order valence-electron chi connectivity index (χ2n) is 9.46. The lowest BCUT2D eigenvalue weighted by Crippen LogP contribution is -2.52. The number of ether oxygens (including phenoxy) is 6. The van der Waals surface area contributed by atoms with Crippen LogP contribution in [-0.4, -0.2) is 114 Å². The van der Waals surface area contributed by atoms with Crippen LogP contribution >= 0.6 is 12.4 Å². The van der Waals surface area contributed by atoms with Crippen molar-refractivity contribution in [2.75, 3.05) is 85.8 Å². The minimum absolute atomic E-state index is 0. The first kappa shape index (κ1) is 35.0. The molecule has 2 heterocycles. The average molecular weight is 602 g/mol. The Morgan fingerprint density at radius 3 is 1.85 bits per heavy atom. The van der Waals surface area contributed by atoms with Gasteiger partial charge in [0, 0.05) is 31.7 Å². The van der Waals surface area contributed by atoms with Crippen molar-refractivity contribution in [3.8, 4) is 0 Å². The number of fused-ring (bicyclic) bond motifs is 1. The molecule has 1 saturated heterocycles. The van der Waals surface area contributed by atoms with Gasteiger partial charge in [0.25, 0.3) is 5.91 Å². The first-order valence-electron chi connectivity index (χ1n) is 14.0. The van der Waals surface area contributed by atoms with Crippen LogP contribution in [-0.2, 0) is 51.0 Å². The van der Waals surface area contributed by atoms with Gasteiger partial charge in [0.15, 0.2) is 0 Å². The highest BCUT2D eigenvalue weighted by molar-refractivity contribution is 6.05. The number of piperidine rings is 1. The van der Waals surface area contributed by atoms with Crippen molar-refractivity contribution < 1.29 is 42.8 Å². The molecule has 0 saturated carbocycles. The maximum Gasteiger partial charge on any atom is 0.255 e. The fourth-order valence-corrected chi connectivity index (χ4v) is 4.45. The molecule has 0 aliphatic carbocycles. The molecule has 2 aliphatic heterocycles. The molecule has 41 heavy (non-hydrogen) atoms. The zero-order valence-corrected chi connectivity index (χ0v) is 24.5. The molecule has 0 bridgehead atoms. The topological polar surface area (TPSA) is 148 Å². The Morgan fingerprint density at radius 1 is 0.780 bits per heavy atom. The zero-order valence-electron chi connectivity index (χ0n) is 23.6. The number of hydrogen-bond donors (Lipinski definition) is 2. The van der Waals surface area contributed by atoms with E-state index in [2.05, 4.69) is 5.32 Å². The van der Waals surface area contributed by atoms with Crippen molar-refractivity contribution in [3.63, 3.8) is 0 Å². The highest BCUT2D eigenvalue weighted by Crippen LogP contribution is 2.28. The van der Waals surface area contributed by atoms with Crippen LogP contribution in [0.1, 0.15) is 40.7 Å². The van der Waals surface area contributed by atoms with E-state index >= 15 is 0 Å². The van der Waals surface area contributed by atoms with Crippen molar-refractivity contribution in [2.45, 2.75) is 38.3 Å². The second kappa shape index (κ2) is 20.7. The summed E-state index contributed by atoms with van der Waals surface area (Å²) < 4.78 is 32.6. The summed E-state index contributed by atoms with van der Waals surface area (Å²) in [6.45, 7) is 7.21. The van der Waals surface area contributed by atoms with Crippen molar-refractivity contribution in [1.82, 2.24) is 10.2 Å². The quantitative estimate of drug-likeness (QED) is 0.145. The molecule has 0 spiro atoms. The van der Waals surface area contributed by atoms with Gasteiger partial charge >= 0.3 is 0 Å². The number of nitrogens with one attached hydrogen (secondary N) is 1. The number of imide groups is 1. The molecule has 1 aromatic rings. The molecular weight excluding hydrogens is 558 g/mol. The van der Waals surface area contributed by atoms with Crippen molar-refractivity contribution >= 4 is 30.1 Å². The van der Waals surface area contributed by atoms with Crippen molar-refractivity contribution in [1.29, 1.82) is 0 Å². The molecule has 2 aliphatic rings. The molecule has 0 aromatic heterocycles. The lowest BCUT2D eigenvalue weighted by molar-refractivity contribution is -0.136. The van der Waals surface area contributed by atoms with Crippen LogP contribution in [0.2, 0.25) is 0 Å². The van der Waals surface area contributed by atoms with Gasteiger partial charge in [-0.2, -0.15) is 0 Å². The van der Waals surface area contributed by atoms with E-state index in [-0.39, 0.29) is 30.6 Å². The summed E-state index contributed by atoms with van der Waals surface area (Å²) in [5, 5.41) is 2.33. The Kier molecular flexibility index (Phi) is 17.7. The minimum atomic E-state index is -0.592. The van der Waals surface area contributed by atoms with Crippen molar-refractivity contribution in [3.05, 3.63) is 34.9 Å². The summed E-state index contributed by atoms with van der Waals surface area (Å²) >= 11 is 0. The SMILES string of the molecule is Cl.NCCOCCOCCOCCOCCOCCOCCCc1ccc2c(c1)CN(C1CCC(=O)NC1=O)C2=O. The molecule has 1 aromatic carbocycles. The van der Waals surface area contributed by atoms with Gasteiger partial charge in [0.05, 0.1) is 72.7 Å². The third-order valence-electron chi connectivity index (χ3n) is 6.46. The van der Waals surface area contributed by atoms with Crippen LogP contribution in [0.3, 0.4) is 0 Å². The third kappa shape index (κ3) is 12.7. The van der Waals surface area contributed by atoms with Crippen LogP contribution in [0, 0.1) is 0 Å². The van der Waals surface area contributed by atoms with Gasteiger partial charge in [-0.15, -0.1) is 12.4 Å². The summed E-state index contributed by atoms with van der Waals surface area (Å²) in [5.41, 5.74) is 8.00. The number of halogens is 1. The van der Waals surface area contributed by atoms with E-state index in [1.165, 1.54) is 0 Å². The Morgan fingerprint density at radius 2 is 1.32 bits per heavy atom. The number of hydrogen-bond acceptors (Lipinski definition) is 10. The van der Waals surface area contributed by atoms with Crippen LogP contribution in [0.4, 0.5) is 0 Å². The maximum absolute atomic E-state index is 12.8. The molecule has 232 valence electrons. The van der Waals surface area contributed by atoms with E-state index in [4.69, 9.17) is 34.2 Å². The molecule has 1 unspecified atom stereocenters. The fraction of sp³-hybridized carbons (Fsp3) is 0.679. The number of nitrogens with zero attached hydrogens (tertiary/aromatic N) is 1. The standard InChI is InChI=1S/C28H43N3O9.ClH/c29-7-9-36-11-13-38-15-17-40-19-18-39-16-14-37-12-10-35-8-1-2-22-3-4-24-23(20-22)21-31(28(24)34)25-5-6-26(32)30-27(25)33;/h3-4,20,25H,1-2,5-19,21,29H2,(H,30,32,33);1H. The van der Waals surface area contributed by atoms with Gasteiger partial charge in [-0.1, -0.05) is 12.1 Å². The second-order valence-corrected chi connectivity index (χ2v) is 9.46. The smallest absolute Gasteiger partial charge is 0.255 e. The van der Waals surface area contributed by atoms with E-state index in [1.54, 1.807) is 4.90 Å². The van der Waals surface area contributed by atoms with Crippen LogP contribution in [0.25, 0.3) is 0 Å². The molecular formula is C28H44ClN3O9. The largest absolute Gasteiger partial charge is 0.379 e. The fourth-order valence-electron chi connectivity index (χ4n) is 4.45. The molecule has 3 amide bonds. The predicted molar refractivity (Wildman–Crippen MR) is 152 cm³/mol. The Labute approximate surface area is 247 Å². The minimum Gasteiger partial charge on any atom is -0.379 e. The number of aryl methyl sites for hydroxylation is 1. The molecule has 3 rings (SSSR count). The van der Waals surface area contributed by atoms with E-state index in [1.807, 2.05) is 18.2 Å². The van der Waals surface area contributed by atoms with Gasteiger partial charge in [0.2, 0.25) is 11.8 Å². The van der Waals surface area contributed by atoms with Gasteiger partial charge in [0.1, 0.15) is 6.04 Å². The Balaban J connectivity index is 0.00000588. The normalized spacial score (nSPS) is 16.6. The lowest BCUT2D eigenvalue weighted by Gasteiger charge is -2.29.